The van der Waals surface area contributed by atoms with Gasteiger partial charge in [-0.3, -0.25) is 4.79 Å². The molecule has 7 heteroatoms. The number of halogens is 3. The van der Waals surface area contributed by atoms with Gasteiger partial charge >= 0.3 is 6.18 Å². The lowest BCUT2D eigenvalue weighted by Crippen LogP contribution is -2.58. The molecule has 0 aromatic rings. The predicted octanol–water partition coefficient (Wildman–Crippen LogP) is 0.774. The average molecular weight is 254 g/mol. The van der Waals surface area contributed by atoms with Crippen molar-refractivity contribution < 1.29 is 22.7 Å². The van der Waals surface area contributed by atoms with Gasteiger partial charge < -0.3 is 15.0 Å². The van der Waals surface area contributed by atoms with Crippen LogP contribution < -0.4 is 5.32 Å². The van der Waals surface area contributed by atoms with E-state index in [1.165, 1.54) is 0 Å². The lowest BCUT2D eigenvalue weighted by atomic mass is 10.1. The highest BCUT2D eigenvalue weighted by Crippen LogP contribution is 2.15. The standard InChI is InChI=1S/C10H17F3N2O2/c1-7-3-14-4-8(2)15(7)9(16)5-17-6-10(11,12)13/h7-8,14H,3-6H2,1-2H3. The molecule has 1 aliphatic heterocycles. The molecule has 4 nitrogen and oxygen atoms in total. The van der Waals surface area contributed by atoms with E-state index in [1.807, 2.05) is 13.8 Å². The maximum atomic E-state index is 11.8. The molecule has 0 bridgehead atoms. The molecule has 1 aliphatic rings. The smallest absolute Gasteiger partial charge is 0.362 e. The summed E-state index contributed by atoms with van der Waals surface area (Å²) in [5.41, 5.74) is 0. The summed E-state index contributed by atoms with van der Waals surface area (Å²) in [6.45, 7) is 3.10. The minimum Gasteiger partial charge on any atom is -0.362 e. The minimum atomic E-state index is -4.39. The summed E-state index contributed by atoms with van der Waals surface area (Å²) < 4.78 is 39.9. The summed E-state index contributed by atoms with van der Waals surface area (Å²) in [5.74, 6) is -0.393. The molecule has 0 aromatic heterocycles. The molecule has 2 atom stereocenters. The Bertz CT molecular complexity index is 261. The van der Waals surface area contributed by atoms with Crippen LogP contribution in [-0.4, -0.2) is 55.4 Å². The number of carbonyl (C=O) groups excluding carboxylic acids is 1. The third kappa shape index (κ3) is 4.51. The third-order valence-corrected chi connectivity index (χ3v) is 2.61. The third-order valence-electron chi connectivity index (χ3n) is 2.61. The number of hydrogen-bond donors (Lipinski definition) is 1. The van der Waals surface area contributed by atoms with E-state index in [-0.39, 0.29) is 12.1 Å². The summed E-state index contributed by atoms with van der Waals surface area (Å²) >= 11 is 0. The Morgan fingerprint density at radius 1 is 1.35 bits per heavy atom. The normalized spacial score (nSPS) is 26.1. The van der Waals surface area contributed by atoms with Crippen LogP contribution in [0.3, 0.4) is 0 Å². The summed E-state index contributed by atoms with van der Waals surface area (Å²) in [4.78, 5) is 13.3. The van der Waals surface area contributed by atoms with Crippen LogP contribution in [0.1, 0.15) is 13.8 Å². The lowest BCUT2D eigenvalue weighted by Gasteiger charge is -2.39. The Hall–Kier alpha value is -0.820. The molecule has 0 spiro atoms. The maximum absolute atomic E-state index is 11.8. The van der Waals surface area contributed by atoms with Gasteiger partial charge in [0.2, 0.25) is 5.91 Å². The zero-order valence-corrected chi connectivity index (χ0v) is 9.88. The molecule has 1 amide bonds. The number of rotatable bonds is 3. The first-order valence-corrected chi connectivity index (χ1v) is 5.47. The van der Waals surface area contributed by atoms with Gasteiger partial charge in [0.25, 0.3) is 0 Å². The molecular formula is C10H17F3N2O2. The van der Waals surface area contributed by atoms with Gasteiger partial charge in [-0.2, -0.15) is 13.2 Å². The first-order chi connectivity index (χ1) is 7.81. The molecule has 1 rings (SSSR count). The quantitative estimate of drug-likeness (QED) is 0.809. The summed E-state index contributed by atoms with van der Waals surface area (Å²) in [5, 5.41) is 3.13. The van der Waals surface area contributed by atoms with Crippen molar-refractivity contribution in [3.63, 3.8) is 0 Å². The number of piperazine rings is 1. The molecule has 0 saturated carbocycles. The number of carbonyl (C=O) groups is 1. The molecule has 17 heavy (non-hydrogen) atoms. The molecule has 1 heterocycles. The second-order valence-electron chi connectivity index (χ2n) is 4.27. The average Bonchev–Trinajstić information content (AvgIpc) is 2.15. The van der Waals surface area contributed by atoms with E-state index in [1.54, 1.807) is 4.90 Å². The summed E-state index contributed by atoms with van der Waals surface area (Å²) in [7, 11) is 0. The van der Waals surface area contributed by atoms with Crippen LogP contribution in [0.2, 0.25) is 0 Å². The van der Waals surface area contributed by atoms with Crippen LogP contribution in [0, 0.1) is 0 Å². The topological polar surface area (TPSA) is 41.6 Å². The van der Waals surface area contributed by atoms with Gasteiger partial charge in [-0.25, -0.2) is 0 Å². The fourth-order valence-electron chi connectivity index (χ4n) is 1.95. The Labute approximate surface area is 98.1 Å². The van der Waals surface area contributed by atoms with E-state index in [0.29, 0.717) is 13.1 Å². The van der Waals surface area contributed by atoms with E-state index in [2.05, 4.69) is 10.1 Å². The Kier molecular flexibility index (Phi) is 4.76. The molecule has 0 aliphatic carbocycles. The van der Waals surface area contributed by atoms with Crippen LogP contribution in [0.4, 0.5) is 13.2 Å². The van der Waals surface area contributed by atoms with Gasteiger partial charge in [0.15, 0.2) is 0 Å². The maximum Gasteiger partial charge on any atom is 0.411 e. The highest BCUT2D eigenvalue weighted by Gasteiger charge is 2.31. The van der Waals surface area contributed by atoms with Crippen molar-refractivity contribution >= 4 is 5.91 Å². The van der Waals surface area contributed by atoms with Crippen LogP contribution in [0.25, 0.3) is 0 Å². The molecule has 0 radical (unpaired) electrons. The first-order valence-electron chi connectivity index (χ1n) is 5.47. The number of hydrogen-bond acceptors (Lipinski definition) is 3. The Morgan fingerprint density at radius 2 is 1.88 bits per heavy atom. The molecule has 0 aromatic carbocycles. The van der Waals surface area contributed by atoms with Gasteiger partial charge in [0.1, 0.15) is 13.2 Å². The molecule has 100 valence electrons. The van der Waals surface area contributed by atoms with Gasteiger partial charge in [0.05, 0.1) is 0 Å². The van der Waals surface area contributed by atoms with Crippen LogP contribution in [0.15, 0.2) is 0 Å². The number of nitrogens with one attached hydrogen (secondary N) is 1. The SMILES string of the molecule is CC1CNCC(C)N1C(=O)COCC(F)(F)F. The van der Waals surface area contributed by atoms with Crippen molar-refractivity contribution in [1.82, 2.24) is 10.2 Å². The zero-order valence-electron chi connectivity index (χ0n) is 9.88. The molecule has 1 saturated heterocycles. The number of nitrogens with zero attached hydrogens (tertiary/aromatic N) is 1. The summed E-state index contributed by atoms with van der Waals surface area (Å²) in [6.07, 6.45) is -4.39. The van der Waals surface area contributed by atoms with Gasteiger partial charge in [-0.15, -0.1) is 0 Å². The number of ether oxygens (including phenoxy) is 1. The minimum absolute atomic E-state index is 0.0271. The van der Waals surface area contributed by atoms with Crippen molar-refractivity contribution in [1.29, 1.82) is 0 Å². The van der Waals surface area contributed by atoms with Gasteiger partial charge in [-0.05, 0) is 13.8 Å². The Balaban J connectivity index is 2.40. The second-order valence-corrected chi connectivity index (χ2v) is 4.27. The van der Waals surface area contributed by atoms with E-state index >= 15 is 0 Å². The van der Waals surface area contributed by atoms with Crippen molar-refractivity contribution in [3.05, 3.63) is 0 Å². The van der Waals surface area contributed by atoms with Gasteiger partial charge in [0, 0.05) is 25.2 Å². The summed E-state index contributed by atoms with van der Waals surface area (Å²) in [6, 6.07) is -0.0542. The van der Waals surface area contributed by atoms with Crippen molar-refractivity contribution in [3.8, 4) is 0 Å². The highest BCUT2D eigenvalue weighted by molar-refractivity contribution is 5.78. The van der Waals surface area contributed by atoms with E-state index < -0.39 is 25.3 Å². The molecule has 2 unspecified atom stereocenters. The predicted molar refractivity (Wildman–Crippen MR) is 55.5 cm³/mol. The fourth-order valence-corrected chi connectivity index (χ4v) is 1.95. The van der Waals surface area contributed by atoms with E-state index in [9.17, 15) is 18.0 Å². The number of alkyl halides is 3. The first kappa shape index (κ1) is 14.2. The monoisotopic (exact) mass is 254 g/mol. The zero-order chi connectivity index (χ0) is 13.1. The second kappa shape index (κ2) is 5.68. The largest absolute Gasteiger partial charge is 0.411 e. The Morgan fingerprint density at radius 3 is 2.35 bits per heavy atom. The van der Waals surface area contributed by atoms with Crippen LogP contribution >= 0.6 is 0 Å². The van der Waals surface area contributed by atoms with Crippen molar-refractivity contribution in [2.45, 2.75) is 32.1 Å². The molecule has 1 fully saturated rings. The highest BCUT2D eigenvalue weighted by atomic mass is 19.4. The van der Waals surface area contributed by atoms with Gasteiger partial charge in [-0.1, -0.05) is 0 Å². The van der Waals surface area contributed by atoms with Crippen molar-refractivity contribution in [2.75, 3.05) is 26.3 Å². The number of amides is 1. The fraction of sp³-hybridized carbons (Fsp3) is 0.900. The van der Waals surface area contributed by atoms with E-state index in [0.717, 1.165) is 0 Å². The molecule has 1 N–H and O–H groups in total. The van der Waals surface area contributed by atoms with Crippen molar-refractivity contribution in [2.24, 2.45) is 0 Å². The van der Waals surface area contributed by atoms with E-state index in [4.69, 9.17) is 0 Å². The van der Waals surface area contributed by atoms with Crippen LogP contribution in [-0.2, 0) is 9.53 Å². The lowest BCUT2D eigenvalue weighted by molar-refractivity contribution is -0.179. The molecular weight excluding hydrogens is 237 g/mol. The van der Waals surface area contributed by atoms with Crippen LogP contribution in [0.5, 0.6) is 0 Å².